The summed E-state index contributed by atoms with van der Waals surface area (Å²) < 4.78 is 1.18. The first-order valence-corrected chi connectivity index (χ1v) is 7.99. The molecule has 0 aliphatic heterocycles. The van der Waals surface area contributed by atoms with Gasteiger partial charge in [-0.05, 0) is 49.9 Å². The van der Waals surface area contributed by atoms with Crippen molar-refractivity contribution in [2.75, 3.05) is 5.32 Å². The molecule has 0 heterocycles. The van der Waals surface area contributed by atoms with E-state index in [1.807, 2.05) is 0 Å². The van der Waals surface area contributed by atoms with Crippen molar-refractivity contribution < 1.29 is 0 Å². The van der Waals surface area contributed by atoms with Crippen molar-refractivity contribution in [1.82, 2.24) is 0 Å². The highest BCUT2D eigenvalue weighted by atomic mass is 79.9. The number of aryl methyl sites for hydroxylation is 2. The van der Waals surface area contributed by atoms with Gasteiger partial charge in [0.25, 0.3) is 0 Å². The number of benzene rings is 1. The highest BCUT2D eigenvalue weighted by Gasteiger charge is 2.13. The molecule has 1 aromatic carbocycles. The summed E-state index contributed by atoms with van der Waals surface area (Å²) in [4.78, 5) is 0. The Balaban J connectivity index is 2.07. The second kappa shape index (κ2) is 6.60. The summed E-state index contributed by atoms with van der Waals surface area (Å²) in [7, 11) is 0. The lowest BCUT2D eigenvalue weighted by atomic mass is 9.96. The molecule has 0 aromatic heterocycles. The Labute approximate surface area is 119 Å². The molecule has 2 rings (SSSR count). The number of rotatable bonds is 2. The molecule has 100 valence electrons. The van der Waals surface area contributed by atoms with E-state index in [0.717, 1.165) is 0 Å². The third kappa shape index (κ3) is 3.74. The average molecular weight is 310 g/mol. The van der Waals surface area contributed by atoms with Gasteiger partial charge in [-0.2, -0.15) is 0 Å². The molecule has 1 nitrogen and oxygen atoms in total. The average Bonchev–Trinajstić information content (AvgIpc) is 2.25. The summed E-state index contributed by atoms with van der Waals surface area (Å²) in [5.41, 5.74) is 4.05. The maximum absolute atomic E-state index is 3.79. The van der Waals surface area contributed by atoms with Crippen LogP contribution in [0.25, 0.3) is 0 Å². The van der Waals surface area contributed by atoms with Gasteiger partial charge in [0.2, 0.25) is 0 Å². The third-order valence-electron chi connectivity index (χ3n) is 3.95. The first-order chi connectivity index (χ1) is 8.66. The Morgan fingerprint density at radius 3 is 2.00 bits per heavy atom. The maximum atomic E-state index is 3.79. The molecule has 1 aliphatic rings. The Bertz CT molecular complexity index is 369. The first kappa shape index (κ1) is 13.9. The summed E-state index contributed by atoms with van der Waals surface area (Å²) in [5, 5.41) is 3.79. The van der Waals surface area contributed by atoms with Gasteiger partial charge in [-0.15, -0.1) is 0 Å². The van der Waals surface area contributed by atoms with E-state index in [9.17, 15) is 0 Å². The zero-order valence-corrected chi connectivity index (χ0v) is 13.1. The van der Waals surface area contributed by atoms with Crippen LogP contribution in [0.5, 0.6) is 0 Å². The molecule has 0 unspecified atom stereocenters. The van der Waals surface area contributed by atoms with Crippen molar-refractivity contribution in [1.29, 1.82) is 0 Å². The van der Waals surface area contributed by atoms with Gasteiger partial charge < -0.3 is 5.32 Å². The van der Waals surface area contributed by atoms with E-state index < -0.39 is 0 Å². The standard InChI is InChI=1S/C16H24BrN/c1-12-10-14(17)11-13(2)16(12)18-15-8-6-4-3-5-7-9-15/h10-11,15,18H,3-9H2,1-2H3. The summed E-state index contributed by atoms with van der Waals surface area (Å²) >= 11 is 3.57. The van der Waals surface area contributed by atoms with Gasteiger partial charge in [0.1, 0.15) is 0 Å². The Morgan fingerprint density at radius 2 is 1.44 bits per heavy atom. The van der Waals surface area contributed by atoms with Crippen molar-refractivity contribution in [3.63, 3.8) is 0 Å². The van der Waals surface area contributed by atoms with Crippen LogP contribution in [-0.2, 0) is 0 Å². The Morgan fingerprint density at radius 1 is 0.944 bits per heavy atom. The second-order valence-corrected chi connectivity index (χ2v) is 6.52. The van der Waals surface area contributed by atoms with E-state index in [-0.39, 0.29) is 0 Å². The minimum atomic E-state index is 0.670. The zero-order valence-electron chi connectivity index (χ0n) is 11.6. The molecule has 0 spiro atoms. The molecule has 0 saturated heterocycles. The van der Waals surface area contributed by atoms with Crippen molar-refractivity contribution in [3.05, 3.63) is 27.7 Å². The highest BCUT2D eigenvalue weighted by Crippen LogP contribution is 2.28. The second-order valence-electron chi connectivity index (χ2n) is 5.60. The van der Waals surface area contributed by atoms with Crippen LogP contribution >= 0.6 is 15.9 Å². The Hall–Kier alpha value is -0.500. The van der Waals surface area contributed by atoms with Crippen molar-refractivity contribution in [2.24, 2.45) is 0 Å². The monoisotopic (exact) mass is 309 g/mol. The van der Waals surface area contributed by atoms with E-state index in [1.54, 1.807) is 0 Å². The molecule has 0 atom stereocenters. The van der Waals surface area contributed by atoms with Crippen LogP contribution in [0.15, 0.2) is 16.6 Å². The van der Waals surface area contributed by atoms with Gasteiger partial charge in [0.05, 0.1) is 0 Å². The van der Waals surface area contributed by atoms with Gasteiger partial charge in [-0.3, -0.25) is 0 Å². The molecule has 18 heavy (non-hydrogen) atoms. The molecule has 0 bridgehead atoms. The van der Waals surface area contributed by atoms with Crippen LogP contribution in [0.4, 0.5) is 5.69 Å². The fraction of sp³-hybridized carbons (Fsp3) is 0.625. The van der Waals surface area contributed by atoms with Crippen LogP contribution in [0.3, 0.4) is 0 Å². The lowest BCUT2D eigenvalue weighted by Gasteiger charge is -2.24. The van der Waals surface area contributed by atoms with E-state index in [0.29, 0.717) is 6.04 Å². The van der Waals surface area contributed by atoms with Crippen LogP contribution in [0, 0.1) is 13.8 Å². The molecule has 0 radical (unpaired) electrons. The molecule has 1 N–H and O–H groups in total. The predicted octanol–water partition coefficient (Wildman–Crippen LogP) is 5.59. The summed E-state index contributed by atoms with van der Waals surface area (Å²) in [6.45, 7) is 4.39. The molecule has 0 amide bonds. The molecule has 1 aliphatic carbocycles. The highest BCUT2D eigenvalue weighted by molar-refractivity contribution is 9.10. The first-order valence-electron chi connectivity index (χ1n) is 7.20. The quantitative estimate of drug-likeness (QED) is 0.750. The number of anilines is 1. The SMILES string of the molecule is Cc1cc(Br)cc(C)c1NC1CCCCCCC1. The van der Waals surface area contributed by atoms with Crippen LogP contribution < -0.4 is 5.32 Å². The van der Waals surface area contributed by atoms with E-state index in [4.69, 9.17) is 0 Å². The summed E-state index contributed by atoms with van der Waals surface area (Å²) in [5.74, 6) is 0. The van der Waals surface area contributed by atoms with Crippen molar-refractivity contribution in [3.8, 4) is 0 Å². The normalized spacial score (nSPS) is 18.2. The fourth-order valence-electron chi connectivity index (χ4n) is 2.94. The number of halogens is 1. The lowest BCUT2D eigenvalue weighted by molar-refractivity contribution is 0.471. The van der Waals surface area contributed by atoms with E-state index >= 15 is 0 Å². The number of nitrogens with one attached hydrogen (secondary N) is 1. The molecule has 1 saturated carbocycles. The van der Waals surface area contributed by atoms with Crippen LogP contribution in [0.2, 0.25) is 0 Å². The van der Waals surface area contributed by atoms with Gasteiger partial charge in [0, 0.05) is 16.2 Å². The van der Waals surface area contributed by atoms with Crippen LogP contribution in [0.1, 0.15) is 56.1 Å². The van der Waals surface area contributed by atoms with Gasteiger partial charge in [-0.1, -0.05) is 48.0 Å². The Kier molecular flexibility index (Phi) is 5.11. The van der Waals surface area contributed by atoms with Crippen molar-refractivity contribution >= 4 is 21.6 Å². The van der Waals surface area contributed by atoms with E-state index in [2.05, 4.69) is 47.2 Å². The minimum Gasteiger partial charge on any atom is -0.382 e. The van der Waals surface area contributed by atoms with Gasteiger partial charge >= 0.3 is 0 Å². The molecule has 1 fully saturated rings. The van der Waals surface area contributed by atoms with Crippen LogP contribution in [-0.4, -0.2) is 6.04 Å². The summed E-state index contributed by atoms with van der Waals surface area (Å²) in [6, 6.07) is 5.08. The molecule has 2 heteroatoms. The van der Waals surface area contributed by atoms with Crippen molar-refractivity contribution in [2.45, 2.75) is 64.8 Å². The maximum Gasteiger partial charge on any atom is 0.0402 e. The summed E-state index contributed by atoms with van der Waals surface area (Å²) in [6.07, 6.45) is 9.68. The minimum absolute atomic E-state index is 0.670. The molecule has 1 aromatic rings. The third-order valence-corrected chi connectivity index (χ3v) is 4.41. The predicted molar refractivity (Wildman–Crippen MR) is 83.3 cm³/mol. The topological polar surface area (TPSA) is 12.0 Å². The lowest BCUT2D eigenvalue weighted by Crippen LogP contribution is -2.21. The van der Waals surface area contributed by atoms with E-state index in [1.165, 1.54) is 66.2 Å². The number of hydrogen-bond acceptors (Lipinski definition) is 1. The number of hydrogen-bond donors (Lipinski definition) is 1. The fourth-order valence-corrected chi connectivity index (χ4v) is 3.63. The van der Waals surface area contributed by atoms with Gasteiger partial charge in [0.15, 0.2) is 0 Å². The largest absolute Gasteiger partial charge is 0.382 e. The smallest absolute Gasteiger partial charge is 0.0402 e. The zero-order chi connectivity index (χ0) is 13.0. The molecular weight excluding hydrogens is 286 g/mol. The van der Waals surface area contributed by atoms with Gasteiger partial charge in [-0.25, -0.2) is 0 Å². The molecular formula is C16H24BrN.